The largest absolute Gasteiger partial charge is 0.431 e. The number of hydrogen-bond acceptors (Lipinski definition) is 5. The standard InChI is InChI=1S/C26H42O5/c1-14(2)7-6-8-15(3)16-9-10-17-22-18(11-12-25(16,17)4)26(5)19(24(30)31-22)13-20(27)21(28)23(26)29/h14-17,19-21,23,27-29H,6-13H2,1-5H3/t15-,16-,17+,19-,20+,21+,23+,25-,26-/m1/s1. The van der Waals surface area contributed by atoms with Gasteiger partial charge in [0.05, 0.1) is 18.1 Å². The summed E-state index contributed by atoms with van der Waals surface area (Å²) in [7, 11) is 0. The van der Waals surface area contributed by atoms with E-state index in [2.05, 4.69) is 27.7 Å². The minimum atomic E-state index is -1.23. The molecule has 0 aromatic carbocycles. The van der Waals surface area contributed by atoms with Crippen molar-refractivity contribution in [2.45, 2.75) is 104 Å². The summed E-state index contributed by atoms with van der Waals surface area (Å²) in [6.07, 6.45) is 4.44. The van der Waals surface area contributed by atoms with Gasteiger partial charge < -0.3 is 20.1 Å². The van der Waals surface area contributed by atoms with Crippen molar-refractivity contribution in [3.63, 3.8) is 0 Å². The summed E-state index contributed by atoms with van der Waals surface area (Å²) in [5.74, 6) is 2.05. The van der Waals surface area contributed by atoms with Gasteiger partial charge in [0.15, 0.2) is 0 Å². The number of aliphatic hydroxyl groups excluding tert-OH is 3. The van der Waals surface area contributed by atoms with Crippen LogP contribution in [-0.2, 0) is 9.53 Å². The minimum absolute atomic E-state index is 0.108. The summed E-state index contributed by atoms with van der Waals surface area (Å²) in [5.41, 5.74) is 0.272. The highest BCUT2D eigenvalue weighted by atomic mass is 16.5. The van der Waals surface area contributed by atoms with Crippen LogP contribution in [0.25, 0.3) is 0 Å². The maximum Gasteiger partial charge on any atom is 0.315 e. The molecule has 0 spiro atoms. The topological polar surface area (TPSA) is 87.0 Å². The smallest absolute Gasteiger partial charge is 0.315 e. The number of carbonyl (C=O) groups excluding carboxylic acids is 1. The third kappa shape index (κ3) is 3.50. The van der Waals surface area contributed by atoms with Crippen LogP contribution in [0.2, 0.25) is 0 Å². The van der Waals surface area contributed by atoms with E-state index in [4.69, 9.17) is 4.74 Å². The first-order valence-electron chi connectivity index (χ1n) is 12.5. The van der Waals surface area contributed by atoms with Crippen LogP contribution in [-0.4, -0.2) is 39.6 Å². The SMILES string of the molecule is CC(C)CCC[C@@H](C)[C@H]1CC[C@H]2C3=C(CC[C@]12C)[C@]1(C)[C@H](C[C@H](O)[C@H](O)[C@@H]1O)C(=O)O3. The van der Waals surface area contributed by atoms with Crippen molar-refractivity contribution >= 4 is 5.97 Å². The quantitative estimate of drug-likeness (QED) is 0.565. The van der Waals surface area contributed by atoms with Crippen molar-refractivity contribution in [1.82, 2.24) is 0 Å². The molecule has 9 atom stereocenters. The zero-order chi connectivity index (χ0) is 22.7. The molecule has 31 heavy (non-hydrogen) atoms. The molecule has 1 heterocycles. The zero-order valence-electron chi connectivity index (χ0n) is 19.9. The van der Waals surface area contributed by atoms with Crippen LogP contribution < -0.4 is 0 Å². The molecule has 2 saturated carbocycles. The molecule has 3 N–H and O–H groups in total. The highest BCUT2D eigenvalue weighted by Crippen LogP contribution is 2.64. The van der Waals surface area contributed by atoms with Crippen molar-refractivity contribution < 1.29 is 24.9 Å². The molecule has 0 amide bonds. The number of ether oxygens (including phenoxy) is 1. The van der Waals surface area contributed by atoms with E-state index in [9.17, 15) is 20.1 Å². The van der Waals surface area contributed by atoms with E-state index >= 15 is 0 Å². The average molecular weight is 435 g/mol. The van der Waals surface area contributed by atoms with E-state index < -0.39 is 29.6 Å². The first-order valence-corrected chi connectivity index (χ1v) is 12.5. The number of aliphatic hydroxyl groups is 3. The molecule has 5 heteroatoms. The molecule has 0 bridgehead atoms. The van der Waals surface area contributed by atoms with Crippen molar-refractivity contribution in [1.29, 1.82) is 0 Å². The molecular weight excluding hydrogens is 392 g/mol. The van der Waals surface area contributed by atoms with Gasteiger partial charge in [-0.1, -0.05) is 53.9 Å². The predicted octanol–water partition coefficient (Wildman–Crippen LogP) is 4.19. The van der Waals surface area contributed by atoms with E-state index in [1.165, 1.54) is 19.3 Å². The Balaban J connectivity index is 1.62. The van der Waals surface area contributed by atoms with Crippen LogP contribution in [0, 0.1) is 40.4 Å². The summed E-state index contributed by atoms with van der Waals surface area (Å²) in [4.78, 5) is 13.0. The van der Waals surface area contributed by atoms with Crippen LogP contribution in [0.15, 0.2) is 11.3 Å². The lowest BCUT2D eigenvalue weighted by atomic mass is 9.53. The van der Waals surface area contributed by atoms with E-state index in [1.807, 2.05) is 6.92 Å². The maximum absolute atomic E-state index is 13.0. The molecule has 176 valence electrons. The van der Waals surface area contributed by atoms with Gasteiger partial charge in [0.2, 0.25) is 0 Å². The Morgan fingerprint density at radius 3 is 2.45 bits per heavy atom. The van der Waals surface area contributed by atoms with Crippen molar-refractivity contribution in [2.75, 3.05) is 0 Å². The summed E-state index contributed by atoms with van der Waals surface area (Å²) in [5, 5.41) is 31.6. The lowest BCUT2D eigenvalue weighted by molar-refractivity contribution is -0.189. The third-order valence-electron chi connectivity index (χ3n) is 9.74. The van der Waals surface area contributed by atoms with Gasteiger partial charge in [-0.2, -0.15) is 0 Å². The van der Waals surface area contributed by atoms with E-state index in [0.717, 1.165) is 42.9 Å². The van der Waals surface area contributed by atoms with Crippen LogP contribution in [0.3, 0.4) is 0 Å². The number of esters is 1. The average Bonchev–Trinajstić information content (AvgIpc) is 3.06. The maximum atomic E-state index is 13.0. The van der Waals surface area contributed by atoms with Crippen LogP contribution in [0.1, 0.15) is 86.0 Å². The molecule has 4 aliphatic rings. The van der Waals surface area contributed by atoms with E-state index in [1.54, 1.807) is 0 Å². The van der Waals surface area contributed by atoms with E-state index in [0.29, 0.717) is 11.8 Å². The van der Waals surface area contributed by atoms with Crippen molar-refractivity contribution in [3.05, 3.63) is 11.3 Å². The molecule has 0 aromatic rings. The molecule has 0 aromatic heterocycles. The Bertz CT molecular complexity index is 744. The second kappa shape index (κ2) is 8.14. The molecule has 1 aliphatic heterocycles. The molecule has 0 saturated heterocycles. The lowest BCUT2D eigenvalue weighted by Gasteiger charge is -2.55. The van der Waals surface area contributed by atoms with Gasteiger partial charge >= 0.3 is 5.97 Å². The lowest BCUT2D eigenvalue weighted by Crippen LogP contribution is -2.61. The van der Waals surface area contributed by atoms with Gasteiger partial charge in [-0.05, 0) is 60.8 Å². The Hall–Kier alpha value is -0.910. The molecule has 5 nitrogen and oxygen atoms in total. The highest BCUT2D eigenvalue weighted by Gasteiger charge is 2.63. The number of rotatable bonds is 5. The normalized spacial score (nSPS) is 45.8. The van der Waals surface area contributed by atoms with Crippen LogP contribution >= 0.6 is 0 Å². The molecule has 2 fully saturated rings. The summed E-state index contributed by atoms with van der Waals surface area (Å²) in [6.45, 7) is 11.3. The van der Waals surface area contributed by atoms with Gasteiger partial charge in [-0.3, -0.25) is 4.79 Å². The Kier molecular flexibility index (Phi) is 6.11. The molecule has 0 radical (unpaired) electrons. The van der Waals surface area contributed by atoms with Gasteiger partial charge in [0, 0.05) is 11.3 Å². The predicted molar refractivity (Wildman–Crippen MR) is 119 cm³/mol. The van der Waals surface area contributed by atoms with Gasteiger partial charge in [0.25, 0.3) is 0 Å². The molecule has 3 aliphatic carbocycles. The Morgan fingerprint density at radius 2 is 1.77 bits per heavy atom. The first-order chi connectivity index (χ1) is 14.5. The van der Waals surface area contributed by atoms with Gasteiger partial charge in [0.1, 0.15) is 11.9 Å². The second-order valence-corrected chi connectivity index (χ2v) is 11.9. The fourth-order valence-electron chi connectivity index (χ4n) is 7.74. The summed E-state index contributed by atoms with van der Waals surface area (Å²) < 4.78 is 6.01. The molecular formula is C26H42O5. The number of hydrogen-bond donors (Lipinski definition) is 3. The Labute approximate surface area is 187 Å². The summed E-state index contributed by atoms with van der Waals surface area (Å²) in [6, 6.07) is 0. The Morgan fingerprint density at radius 1 is 1.06 bits per heavy atom. The third-order valence-corrected chi connectivity index (χ3v) is 9.74. The molecule has 4 rings (SSSR count). The highest BCUT2D eigenvalue weighted by molar-refractivity contribution is 5.78. The number of allylic oxidation sites excluding steroid dienone is 1. The summed E-state index contributed by atoms with van der Waals surface area (Å²) >= 11 is 0. The number of fused-ring (bicyclic) bond motifs is 4. The van der Waals surface area contributed by atoms with Crippen LogP contribution in [0.4, 0.5) is 0 Å². The monoisotopic (exact) mass is 434 g/mol. The van der Waals surface area contributed by atoms with Crippen LogP contribution in [0.5, 0.6) is 0 Å². The fourth-order valence-corrected chi connectivity index (χ4v) is 7.74. The van der Waals surface area contributed by atoms with Crippen molar-refractivity contribution in [3.8, 4) is 0 Å². The zero-order valence-corrected chi connectivity index (χ0v) is 19.9. The number of carbonyl (C=O) groups is 1. The van der Waals surface area contributed by atoms with Crippen molar-refractivity contribution in [2.24, 2.45) is 40.4 Å². The fraction of sp³-hybridized carbons (Fsp3) is 0.885. The first kappa shape index (κ1) is 23.3. The minimum Gasteiger partial charge on any atom is -0.431 e. The van der Waals surface area contributed by atoms with E-state index in [-0.39, 0.29) is 23.7 Å². The van der Waals surface area contributed by atoms with Gasteiger partial charge in [-0.15, -0.1) is 0 Å². The second-order valence-electron chi connectivity index (χ2n) is 11.9. The molecule has 0 unspecified atom stereocenters. The van der Waals surface area contributed by atoms with Gasteiger partial charge in [-0.25, -0.2) is 0 Å².